The SMILES string of the molecule is COCc1ccccc1C(CN)N1CCCOC(C)C1. The summed E-state index contributed by atoms with van der Waals surface area (Å²) in [5.41, 5.74) is 8.58. The molecule has 0 saturated carbocycles. The number of ether oxygens (including phenoxy) is 2. The third-order valence-corrected chi connectivity index (χ3v) is 3.86. The van der Waals surface area contributed by atoms with Gasteiger partial charge in [0.05, 0.1) is 12.7 Å². The van der Waals surface area contributed by atoms with Gasteiger partial charge < -0.3 is 15.2 Å². The molecule has 0 radical (unpaired) electrons. The maximum atomic E-state index is 6.07. The average molecular weight is 278 g/mol. The van der Waals surface area contributed by atoms with E-state index in [1.807, 2.05) is 0 Å². The zero-order chi connectivity index (χ0) is 14.4. The second-order valence-electron chi connectivity index (χ2n) is 5.41. The summed E-state index contributed by atoms with van der Waals surface area (Å²) in [4.78, 5) is 2.45. The number of hydrogen-bond acceptors (Lipinski definition) is 4. The Morgan fingerprint density at radius 3 is 3.00 bits per heavy atom. The van der Waals surface area contributed by atoms with Crippen LogP contribution in [0.15, 0.2) is 24.3 Å². The Labute approximate surface area is 121 Å². The fourth-order valence-electron chi connectivity index (χ4n) is 2.93. The minimum Gasteiger partial charge on any atom is -0.380 e. The number of nitrogens with zero attached hydrogens (tertiary/aromatic N) is 1. The second kappa shape index (κ2) is 7.74. The molecule has 2 rings (SSSR count). The molecule has 4 heteroatoms. The van der Waals surface area contributed by atoms with E-state index in [1.165, 1.54) is 11.1 Å². The molecule has 0 bridgehead atoms. The molecule has 0 aliphatic carbocycles. The molecule has 4 nitrogen and oxygen atoms in total. The summed E-state index contributed by atoms with van der Waals surface area (Å²) >= 11 is 0. The first kappa shape index (κ1) is 15.4. The Hall–Kier alpha value is -0.940. The fourth-order valence-corrected chi connectivity index (χ4v) is 2.93. The molecule has 1 aliphatic rings. The summed E-state index contributed by atoms with van der Waals surface area (Å²) in [6.45, 7) is 6.19. The van der Waals surface area contributed by atoms with Crippen LogP contribution in [0.2, 0.25) is 0 Å². The second-order valence-corrected chi connectivity index (χ2v) is 5.41. The first-order valence-corrected chi connectivity index (χ1v) is 7.38. The van der Waals surface area contributed by atoms with Crippen LogP contribution < -0.4 is 5.73 Å². The van der Waals surface area contributed by atoms with E-state index in [2.05, 4.69) is 36.1 Å². The zero-order valence-electron chi connectivity index (χ0n) is 12.5. The van der Waals surface area contributed by atoms with E-state index in [4.69, 9.17) is 15.2 Å². The average Bonchev–Trinajstić information content (AvgIpc) is 2.67. The highest BCUT2D eigenvalue weighted by Crippen LogP contribution is 2.25. The van der Waals surface area contributed by atoms with Gasteiger partial charge in [0.1, 0.15) is 0 Å². The minimum absolute atomic E-state index is 0.241. The molecule has 1 aromatic rings. The van der Waals surface area contributed by atoms with Crippen LogP contribution in [0.4, 0.5) is 0 Å². The van der Waals surface area contributed by atoms with Crippen molar-refractivity contribution in [2.24, 2.45) is 5.73 Å². The van der Waals surface area contributed by atoms with Crippen LogP contribution in [-0.2, 0) is 16.1 Å². The maximum Gasteiger partial charge on any atom is 0.0716 e. The number of nitrogens with two attached hydrogens (primary N) is 1. The molecule has 2 unspecified atom stereocenters. The molecule has 2 N–H and O–H groups in total. The summed E-state index contributed by atoms with van der Waals surface area (Å²) in [5, 5.41) is 0. The maximum absolute atomic E-state index is 6.07. The Bertz CT molecular complexity index is 411. The molecule has 1 aromatic carbocycles. The lowest BCUT2D eigenvalue weighted by Crippen LogP contribution is -2.38. The van der Waals surface area contributed by atoms with Gasteiger partial charge in [-0.15, -0.1) is 0 Å². The van der Waals surface area contributed by atoms with E-state index >= 15 is 0 Å². The van der Waals surface area contributed by atoms with Crippen molar-refractivity contribution in [3.05, 3.63) is 35.4 Å². The predicted octanol–water partition coefficient (Wildman–Crippen LogP) is 1.94. The first-order valence-electron chi connectivity index (χ1n) is 7.38. The van der Waals surface area contributed by atoms with E-state index in [9.17, 15) is 0 Å². The topological polar surface area (TPSA) is 47.7 Å². The molecule has 112 valence electrons. The summed E-state index contributed by atoms with van der Waals surface area (Å²) in [7, 11) is 1.73. The number of benzene rings is 1. The zero-order valence-corrected chi connectivity index (χ0v) is 12.5. The van der Waals surface area contributed by atoms with E-state index in [0.717, 1.165) is 26.1 Å². The predicted molar refractivity (Wildman–Crippen MR) is 80.6 cm³/mol. The monoisotopic (exact) mass is 278 g/mol. The van der Waals surface area contributed by atoms with Crippen molar-refractivity contribution < 1.29 is 9.47 Å². The third-order valence-electron chi connectivity index (χ3n) is 3.86. The lowest BCUT2D eigenvalue weighted by molar-refractivity contribution is 0.0609. The summed E-state index contributed by atoms with van der Waals surface area (Å²) in [6, 6.07) is 8.67. The molecule has 1 saturated heterocycles. The number of methoxy groups -OCH3 is 1. The molecule has 0 spiro atoms. The van der Waals surface area contributed by atoms with Gasteiger partial charge in [0.25, 0.3) is 0 Å². The van der Waals surface area contributed by atoms with Gasteiger partial charge in [0.2, 0.25) is 0 Å². The van der Waals surface area contributed by atoms with Gasteiger partial charge in [0, 0.05) is 39.4 Å². The lowest BCUT2D eigenvalue weighted by atomic mass is 9.99. The Balaban J connectivity index is 2.22. The summed E-state index contributed by atoms with van der Waals surface area (Å²) in [6.07, 6.45) is 1.33. The molecule has 1 fully saturated rings. The quantitative estimate of drug-likeness (QED) is 0.894. The minimum atomic E-state index is 0.241. The van der Waals surface area contributed by atoms with E-state index in [1.54, 1.807) is 7.11 Å². The highest BCUT2D eigenvalue weighted by atomic mass is 16.5. The van der Waals surface area contributed by atoms with Crippen molar-refractivity contribution in [3.8, 4) is 0 Å². The van der Waals surface area contributed by atoms with Crippen molar-refractivity contribution in [2.75, 3.05) is 33.4 Å². The summed E-state index contributed by atoms with van der Waals surface area (Å²) < 4.78 is 11.0. The molecule has 1 aliphatic heterocycles. The van der Waals surface area contributed by atoms with Crippen molar-refractivity contribution >= 4 is 0 Å². The van der Waals surface area contributed by atoms with Gasteiger partial charge in [-0.1, -0.05) is 24.3 Å². The van der Waals surface area contributed by atoms with Crippen LogP contribution in [0.25, 0.3) is 0 Å². The Kier molecular flexibility index (Phi) is 5.98. The third kappa shape index (κ3) is 3.79. The lowest BCUT2D eigenvalue weighted by Gasteiger charge is -2.32. The van der Waals surface area contributed by atoms with Gasteiger partial charge in [-0.2, -0.15) is 0 Å². The standard InChI is InChI=1S/C16H26N2O2/c1-13-11-18(8-5-9-20-13)16(10-17)15-7-4-3-6-14(15)12-19-2/h3-4,6-7,13,16H,5,8-12,17H2,1-2H3. The van der Waals surface area contributed by atoms with Crippen LogP contribution in [0, 0.1) is 0 Å². The first-order chi connectivity index (χ1) is 9.76. The molecular weight excluding hydrogens is 252 g/mol. The van der Waals surface area contributed by atoms with Crippen LogP contribution in [0.5, 0.6) is 0 Å². The largest absolute Gasteiger partial charge is 0.380 e. The number of hydrogen-bond donors (Lipinski definition) is 1. The highest BCUT2D eigenvalue weighted by molar-refractivity contribution is 5.30. The number of rotatable bonds is 5. The summed E-state index contributed by atoms with van der Waals surface area (Å²) in [5.74, 6) is 0. The fraction of sp³-hybridized carbons (Fsp3) is 0.625. The molecular formula is C16H26N2O2. The van der Waals surface area contributed by atoms with Crippen molar-refractivity contribution in [1.82, 2.24) is 4.90 Å². The molecule has 1 heterocycles. The Morgan fingerprint density at radius 2 is 2.25 bits per heavy atom. The smallest absolute Gasteiger partial charge is 0.0716 e. The van der Waals surface area contributed by atoms with Crippen molar-refractivity contribution in [1.29, 1.82) is 0 Å². The molecule has 20 heavy (non-hydrogen) atoms. The van der Waals surface area contributed by atoms with Gasteiger partial charge in [0.15, 0.2) is 0 Å². The molecule has 2 atom stereocenters. The van der Waals surface area contributed by atoms with Crippen LogP contribution in [0.3, 0.4) is 0 Å². The van der Waals surface area contributed by atoms with Gasteiger partial charge in [-0.3, -0.25) is 4.90 Å². The van der Waals surface area contributed by atoms with E-state index in [-0.39, 0.29) is 12.1 Å². The van der Waals surface area contributed by atoms with Gasteiger partial charge in [-0.05, 0) is 24.5 Å². The van der Waals surface area contributed by atoms with E-state index in [0.29, 0.717) is 13.2 Å². The van der Waals surface area contributed by atoms with Crippen LogP contribution in [0.1, 0.15) is 30.5 Å². The highest BCUT2D eigenvalue weighted by Gasteiger charge is 2.24. The molecule has 0 aromatic heterocycles. The van der Waals surface area contributed by atoms with Crippen LogP contribution >= 0.6 is 0 Å². The van der Waals surface area contributed by atoms with E-state index < -0.39 is 0 Å². The van der Waals surface area contributed by atoms with Crippen molar-refractivity contribution in [3.63, 3.8) is 0 Å². The van der Waals surface area contributed by atoms with Crippen LogP contribution in [-0.4, -0.2) is 44.4 Å². The van der Waals surface area contributed by atoms with Gasteiger partial charge in [-0.25, -0.2) is 0 Å². The van der Waals surface area contributed by atoms with Gasteiger partial charge >= 0.3 is 0 Å². The molecule has 0 amide bonds. The Morgan fingerprint density at radius 1 is 1.45 bits per heavy atom. The normalized spacial score (nSPS) is 22.4. The van der Waals surface area contributed by atoms with Crippen molar-refractivity contribution in [2.45, 2.75) is 32.1 Å².